The van der Waals surface area contributed by atoms with E-state index < -0.39 is 5.91 Å². The maximum absolute atomic E-state index is 12.1. The Labute approximate surface area is 147 Å². The molecule has 0 fully saturated rings. The number of nitrogens with zero attached hydrogens (tertiary/aromatic N) is 1. The molecule has 0 atom stereocenters. The number of benzene rings is 2. The fourth-order valence-electron chi connectivity index (χ4n) is 1.79. The molecular weight excluding hydrogens is 378 g/mol. The molecule has 4 nitrogen and oxygen atoms in total. The Kier molecular flexibility index (Phi) is 5.80. The van der Waals surface area contributed by atoms with Crippen molar-refractivity contribution < 1.29 is 4.79 Å². The highest BCUT2D eigenvalue weighted by molar-refractivity contribution is 9.10. The van der Waals surface area contributed by atoms with Crippen LogP contribution in [0, 0.1) is 18.3 Å². The second-order valence-corrected chi connectivity index (χ2v) is 6.01. The highest BCUT2D eigenvalue weighted by Crippen LogP contribution is 2.23. The molecule has 23 heavy (non-hydrogen) atoms. The van der Waals surface area contributed by atoms with E-state index in [1.807, 2.05) is 19.1 Å². The lowest BCUT2D eigenvalue weighted by atomic mass is 10.2. The number of carbonyl (C=O) groups is 1. The number of amides is 1. The summed E-state index contributed by atoms with van der Waals surface area (Å²) in [6.07, 6.45) is 1.37. The van der Waals surface area contributed by atoms with Crippen LogP contribution in [0.1, 0.15) is 5.56 Å². The summed E-state index contributed by atoms with van der Waals surface area (Å²) in [5, 5.41) is 15.4. The molecule has 6 heteroatoms. The summed E-state index contributed by atoms with van der Waals surface area (Å²) in [5.74, 6) is -0.484. The first-order valence-corrected chi connectivity index (χ1v) is 7.87. The van der Waals surface area contributed by atoms with E-state index in [9.17, 15) is 4.79 Å². The van der Waals surface area contributed by atoms with Gasteiger partial charge < -0.3 is 10.6 Å². The molecule has 2 rings (SSSR count). The molecule has 0 unspecified atom stereocenters. The van der Waals surface area contributed by atoms with E-state index in [2.05, 4.69) is 26.6 Å². The number of nitrogens with one attached hydrogen (secondary N) is 2. The molecule has 116 valence electrons. The van der Waals surface area contributed by atoms with Gasteiger partial charge in [0.25, 0.3) is 5.91 Å². The molecule has 0 aliphatic heterocycles. The van der Waals surface area contributed by atoms with Crippen LogP contribution < -0.4 is 10.6 Å². The molecule has 0 aromatic heterocycles. The van der Waals surface area contributed by atoms with E-state index in [0.717, 1.165) is 15.7 Å². The van der Waals surface area contributed by atoms with Crippen LogP contribution in [0.3, 0.4) is 0 Å². The number of halogens is 2. The van der Waals surface area contributed by atoms with Gasteiger partial charge in [-0.15, -0.1) is 0 Å². The zero-order chi connectivity index (χ0) is 16.8. The summed E-state index contributed by atoms with van der Waals surface area (Å²) >= 11 is 9.36. The first kappa shape index (κ1) is 17.1. The zero-order valence-corrected chi connectivity index (χ0v) is 14.6. The van der Waals surface area contributed by atoms with Crippen molar-refractivity contribution >= 4 is 44.8 Å². The molecule has 0 heterocycles. The lowest BCUT2D eigenvalue weighted by Gasteiger charge is -2.08. The molecule has 0 bridgehead atoms. The summed E-state index contributed by atoms with van der Waals surface area (Å²) in [5.41, 5.74) is 2.16. The van der Waals surface area contributed by atoms with E-state index in [1.165, 1.54) is 6.20 Å². The zero-order valence-electron chi connectivity index (χ0n) is 12.2. The van der Waals surface area contributed by atoms with Gasteiger partial charge in [-0.25, -0.2) is 0 Å². The Morgan fingerprint density at radius 1 is 1.26 bits per heavy atom. The van der Waals surface area contributed by atoms with Gasteiger partial charge >= 0.3 is 0 Å². The van der Waals surface area contributed by atoms with Crippen molar-refractivity contribution in [2.45, 2.75) is 6.92 Å². The molecular formula is C17H13BrClN3O. The van der Waals surface area contributed by atoms with Gasteiger partial charge in [0.2, 0.25) is 0 Å². The molecule has 2 aromatic rings. The summed E-state index contributed by atoms with van der Waals surface area (Å²) < 4.78 is 0.907. The van der Waals surface area contributed by atoms with Crippen molar-refractivity contribution in [3.05, 3.63) is 69.3 Å². The minimum Gasteiger partial charge on any atom is -0.360 e. The topological polar surface area (TPSA) is 64.9 Å². The first-order chi connectivity index (χ1) is 11.0. The Hall–Kier alpha value is -2.29. The fraction of sp³-hybridized carbons (Fsp3) is 0.0588. The summed E-state index contributed by atoms with van der Waals surface area (Å²) in [7, 11) is 0. The third-order valence-electron chi connectivity index (χ3n) is 3.11. The SMILES string of the molecule is Cc1c(Cl)cccc1N/C=C(/C#N)C(=O)Nc1ccc(Br)cc1. The van der Waals surface area contributed by atoms with Crippen LogP contribution in [0.15, 0.2) is 58.7 Å². The van der Waals surface area contributed by atoms with Crippen molar-refractivity contribution in [2.24, 2.45) is 0 Å². The second kappa shape index (κ2) is 7.82. The molecule has 0 spiro atoms. The standard InChI is InChI=1S/C17H13BrClN3O/c1-11-15(19)3-2-4-16(11)21-10-12(9-20)17(23)22-14-7-5-13(18)6-8-14/h2-8,10,21H,1H3,(H,22,23)/b12-10-. The monoisotopic (exact) mass is 389 g/mol. The van der Waals surface area contributed by atoms with Crippen molar-refractivity contribution in [3.63, 3.8) is 0 Å². The van der Waals surface area contributed by atoms with E-state index in [4.69, 9.17) is 16.9 Å². The van der Waals surface area contributed by atoms with Crippen LogP contribution >= 0.6 is 27.5 Å². The van der Waals surface area contributed by atoms with E-state index in [0.29, 0.717) is 10.7 Å². The van der Waals surface area contributed by atoms with Gasteiger partial charge in [-0.2, -0.15) is 5.26 Å². The van der Waals surface area contributed by atoms with Crippen LogP contribution in [0.4, 0.5) is 11.4 Å². The third kappa shape index (κ3) is 4.59. The van der Waals surface area contributed by atoms with Gasteiger partial charge in [0.1, 0.15) is 11.6 Å². The molecule has 0 aliphatic rings. The van der Waals surface area contributed by atoms with Crippen LogP contribution in [-0.4, -0.2) is 5.91 Å². The van der Waals surface area contributed by atoms with Crippen molar-refractivity contribution in [1.82, 2.24) is 0 Å². The molecule has 0 aliphatic carbocycles. The quantitative estimate of drug-likeness (QED) is 0.578. The number of hydrogen-bond acceptors (Lipinski definition) is 3. The van der Waals surface area contributed by atoms with E-state index >= 15 is 0 Å². The molecule has 0 radical (unpaired) electrons. The average molecular weight is 391 g/mol. The Morgan fingerprint density at radius 3 is 2.61 bits per heavy atom. The molecule has 0 saturated heterocycles. The largest absolute Gasteiger partial charge is 0.360 e. The Bertz CT molecular complexity index is 794. The number of hydrogen-bond donors (Lipinski definition) is 2. The number of anilines is 2. The second-order valence-electron chi connectivity index (χ2n) is 4.69. The predicted molar refractivity (Wildman–Crippen MR) is 96.3 cm³/mol. The summed E-state index contributed by atoms with van der Waals surface area (Å²) in [6.45, 7) is 1.85. The van der Waals surface area contributed by atoms with Gasteiger partial charge in [0, 0.05) is 27.1 Å². The van der Waals surface area contributed by atoms with Gasteiger partial charge in [0.05, 0.1) is 0 Å². The van der Waals surface area contributed by atoms with Crippen molar-refractivity contribution in [1.29, 1.82) is 5.26 Å². The highest BCUT2D eigenvalue weighted by Gasteiger charge is 2.09. The van der Waals surface area contributed by atoms with E-state index in [1.54, 1.807) is 36.4 Å². The van der Waals surface area contributed by atoms with Crippen LogP contribution in [0.2, 0.25) is 5.02 Å². The number of carbonyl (C=O) groups excluding carboxylic acids is 1. The van der Waals surface area contributed by atoms with Gasteiger partial charge in [-0.05, 0) is 48.9 Å². The van der Waals surface area contributed by atoms with Crippen LogP contribution in [-0.2, 0) is 4.79 Å². The van der Waals surface area contributed by atoms with Crippen LogP contribution in [0.5, 0.6) is 0 Å². The lowest BCUT2D eigenvalue weighted by molar-refractivity contribution is -0.112. The smallest absolute Gasteiger partial charge is 0.267 e. The molecule has 0 saturated carbocycles. The van der Waals surface area contributed by atoms with Crippen LogP contribution in [0.25, 0.3) is 0 Å². The lowest BCUT2D eigenvalue weighted by Crippen LogP contribution is -2.14. The summed E-state index contributed by atoms with van der Waals surface area (Å²) in [4.78, 5) is 12.1. The Morgan fingerprint density at radius 2 is 1.96 bits per heavy atom. The maximum atomic E-state index is 12.1. The van der Waals surface area contributed by atoms with Crippen molar-refractivity contribution in [3.8, 4) is 6.07 Å². The number of rotatable bonds is 4. The van der Waals surface area contributed by atoms with Gasteiger partial charge in [0.15, 0.2) is 0 Å². The highest BCUT2D eigenvalue weighted by atomic mass is 79.9. The first-order valence-electron chi connectivity index (χ1n) is 6.70. The minimum absolute atomic E-state index is 0.0349. The molecule has 1 amide bonds. The fourth-order valence-corrected chi connectivity index (χ4v) is 2.23. The van der Waals surface area contributed by atoms with Crippen molar-refractivity contribution in [2.75, 3.05) is 10.6 Å². The van der Waals surface area contributed by atoms with Gasteiger partial charge in [-0.3, -0.25) is 4.79 Å². The molecule has 2 aromatic carbocycles. The normalized spacial score (nSPS) is 10.8. The van der Waals surface area contributed by atoms with E-state index in [-0.39, 0.29) is 5.57 Å². The number of nitriles is 1. The summed E-state index contributed by atoms with van der Waals surface area (Å²) in [6, 6.07) is 14.4. The average Bonchev–Trinajstić information content (AvgIpc) is 2.54. The third-order valence-corrected chi connectivity index (χ3v) is 4.04. The molecule has 2 N–H and O–H groups in total. The minimum atomic E-state index is -0.484. The maximum Gasteiger partial charge on any atom is 0.267 e. The van der Waals surface area contributed by atoms with Gasteiger partial charge in [-0.1, -0.05) is 33.6 Å². The predicted octanol–water partition coefficient (Wildman–Crippen LogP) is 4.87. The Balaban J connectivity index is 2.12.